The van der Waals surface area contributed by atoms with Crippen molar-refractivity contribution in [3.05, 3.63) is 29.6 Å². The smallest absolute Gasteiger partial charge is 0.387 e. The van der Waals surface area contributed by atoms with Gasteiger partial charge in [0.1, 0.15) is 5.75 Å². The summed E-state index contributed by atoms with van der Waals surface area (Å²) in [6, 6.07) is 6.57. The number of nitrogens with zero attached hydrogens (tertiary/aromatic N) is 1. The second-order valence-electron chi connectivity index (χ2n) is 4.44. The first-order valence-corrected chi connectivity index (χ1v) is 7.22. The lowest BCUT2D eigenvalue weighted by Crippen LogP contribution is -2.20. The van der Waals surface area contributed by atoms with Crippen molar-refractivity contribution in [3.8, 4) is 17.0 Å². The molecule has 0 saturated carbocycles. The van der Waals surface area contributed by atoms with Crippen LogP contribution in [0.2, 0.25) is 0 Å². The summed E-state index contributed by atoms with van der Waals surface area (Å²) in [5, 5.41) is 5.93. The van der Waals surface area contributed by atoms with E-state index < -0.39 is 6.61 Å². The predicted octanol–water partition coefficient (Wildman–Crippen LogP) is 3.86. The molecule has 114 valence electrons. The molecule has 0 aliphatic rings. The maximum Gasteiger partial charge on any atom is 0.387 e. The Bertz CT molecular complexity index is 560. The highest BCUT2D eigenvalue weighted by atomic mass is 32.1. The molecule has 0 aliphatic heterocycles. The number of alkyl halides is 2. The highest BCUT2D eigenvalue weighted by Gasteiger charge is 2.09. The van der Waals surface area contributed by atoms with Gasteiger partial charge in [-0.15, -0.1) is 11.3 Å². The maximum absolute atomic E-state index is 12.1. The standard InChI is InChI=1S/C14H16F2N2O2S/c1-9(7-19-2)17-14-18-12(8-21-14)10-3-5-11(6-4-10)20-13(15)16/h3-6,8-9,13H,7H2,1-2H3,(H,17,18)/t9-/m1/s1. The van der Waals surface area contributed by atoms with E-state index in [1.54, 1.807) is 19.2 Å². The van der Waals surface area contributed by atoms with Crippen LogP contribution in [0.3, 0.4) is 0 Å². The third-order valence-corrected chi connectivity index (χ3v) is 3.44. The van der Waals surface area contributed by atoms with Crippen LogP contribution >= 0.6 is 11.3 Å². The van der Waals surface area contributed by atoms with Crippen molar-refractivity contribution in [2.75, 3.05) is 19.0 Å². The highest BCUT2D eigenvalue weighted by molar-refractivity contribution is 7.14. The third kappa shape index (κ3) is 4.64. The minimum atomic E-state index is -2.81. The Kier molecular flexibility index (Phi) is 5.46. The molecule has 0 amide bonds. The van der Waals surface area contributed by atoms with Gasteiger partial charge in [0.05, 0.1) is 12.3 Å². The molecular weight excluding hydrogens is 298 g/mol. The Morgan fingerprint density at radius 3 is 2.62 bits per heavy atom. The van der Waals surface area contributed by atoms with Crippen molar-refractivity contribution in [1.29, 1.82) is 0 Å². The first kappa shape index (κ1) is 15.7. The number of thiazole rings is 1. The molecule has 1 aromatic carbocycles. The predicted molar refractivity (Wildman–Crippen MR) is 79.1 cm³/mol. The normalized spacial score (nSPS) is 12.4. The van der Waals surface area contributed by atoms with Gasteiger partial charge in [-0.05, 0) is 31.2 Å². The number of rotatable bonds is 7. The Hall–Kier alpha value is -1.73. The number of hydrogen-bond donors (Lipinski definition) is 1. The minimum absolute atomic E-state index is 0.135. The van der Waals surface area contributed by atoms with E-state index in [0.717, 1.165) is 16.4 Å². The fraction of sp³-hybridized carbons (Fsp3) is 0.357. The summed E-state index contributed by atoms with van der Waals surface area (Å²) in [4.78, 5) is 4.46. The number of nitrogens with one attached hydrogen (secondary N) is 1. The molecule has 1 heterocycles. The van der Waals surface area contributed by atoms with Gasteiger partial charge in [-0.1, -0.05) is 0 Å². The number of halogens is 2. The molecule has 1 N–H and O–H groups in total. The zero-order valence-corrected chi connectivity index (χ0v) is 12.5. The van der Waals surface area contributed by atoms with Crippen molar-refractivity contribution < 1.29 is 18.3 Å². The second kappa shape index (κ2) is 7.33. The summed E-state index contributed by atoms with van der Waals surface area (Å²) in [7, 11) is 1.65. The zero-order chi connectivity index (χ0) is 15.2. The Morgan fingerprint density at radius 2 is 2.00 bits per heavy atom. The van der Waals surface area contributed by atoms with Crippen molar-refractivity contribution in [2.24, 2.45) is 0 Å². The maximum atomic E-state index is 12.1. The molecule has 1 atom stereocenters. The molecule has 0 radical (unpaired) electrons. The van der Waals surface area contributed by atoms with E-state index in [0.29, 0.717) is 6.61 Å². The second-order valence-corrected chi connectivity index (χ2v) is 5.30. The molecule has 21 heavy (non-hydrogen) atoms. The average molecular weight is 314 g/mol. The topological polar surface area (TPSA) is 43.4 Å². The summed E-state index contributed by atoms with van der Waals surface area (Å²) in [5.41, 5.74) is 1.64. The van der Waals surface area contributed by atoms with Gasteiger partial charge >= 0.3 is 6.61 Å². The van der Waals surface area contributed by atoms with Gasteiger partial charge in [-0.25, -0.2) is 4.98 Å². The molecule has 2 aromatic rings. The van der Waals surface area contributed by atoms with Crippen LogP contribution in [0.15, 0.2) is 29.6 Å². The van der Waals surface area contributed by atoms with Crippen LogP contribution < -0.4 is 10.1 Å². The molecule has 0 bridgehead atoms. The molecule has 7 heteroatoms. The largest absolute Gasteiger partial charge is 0.435 e. The van der Waals surface area contributed by atoms with E-state index in [4.69, 9.17) is 4.74 Å². The first-order valence-electron chi connectivity index (χ1n) is 6.34. The van der Waals surface area contributed by atoms with Gasteiger partial charge < -0.3 is 14.8 Å². The van der Waals surface area contributed by atoms with Gasteiger partial charge in [-0.3, -0.25) is 0 Å². The van der Waals surface area contributed by atoms with Crippen LogP contribution in [-0.4, -0.2) is 31.4 Å². The van der Waals surface area contributed by atoms with Crippen molar-refractivity contribution in [2.45, 2.75) is 19.6 Å². The number of ether oxygens (including phenoxy) is 2. The van der Waals surface area contributed by atoms with Gasteiger partial charge in [-0.2, -0.15) is 8.78 Å². The SMILES string of the molecule is COC[C@@H](C)Nc1nc(-c2ccc(OC(F)F)cc2)cs1. The molecular formula is C14H16F2N2O2S. The van der Waals surface area contributed by atoms with Crippen molar-refractivity contribution >= 4 is 16.5 Å². The van der Waals surface area contributed by atoms with Crippen LogP contribution in [0.4, 0.5) is 13.9 Å². The summed E-state index contributed by atoms with van der Waals surface area (Å²) in [6.07, 6.45) is 0. The molecule has 0 aliphatic carbocycles. The molecule has 0 unspecified atom stereocenters. The van der Waals surface area contributed by atoms with Crippen molar-refractivity contribution in [1.82, 2.24) is 4.98 Å². The Morgan fingerprint density at radius 1 is 1.29 bits per heavy atom. The van der Waals surface area contributed by atoms with E-state index >= 15 is 0 Å². The lowest BCUT2D eigenvalue weighted by Gasteiger charge is -2.10. The first-order chi connectivity index (χ1) is 10.1. The fourth-order valence-corrected chi connectivity index (χ4v) is 2.61. The van der Waals surface area contributed by atoms with Crippen LogP contribution in [0.25, 0.3) is 11.3 Å². The summed E-state index contributed by atoms with van der Waals surface area (Å²) in [5.74, 6) is 0.135. The average Bonchev–Trinajstić information content (AvgIpc) is 2.87. The fourth-order valence-electron chi connectivity index (χ4n) is 1.78. The van der Waals surface area contributed by atoms with Crippen LogP contribution in [0.5, 0.6) is 5.75 Å². The molecule has 0 saturated heterocycles. The van der Waals surface area contributed by atoms with Gasteiger partial charge in [0.2, 0.25) is 0 Å². The number of aromatic nitrogens is 1. The van der Waals surface area contributed by atoms with E-state index in [9.17, 15) is 8.78 Å². The monoisotopic (exact) mass is 314 g/mol. The van der Waals surface area contributed by atoms with E-state index in [2.05, 4.69) is 15.0 Å². The van der Waals surface area contributed by atoms with Crippen LogP contribution in [-0.2, 0) is 4.74 Å². The Balaban J connectivity index is 2.03. The van der Waals surface area contributed by atoms with Crippen LogP contribution in [0.1, 0.15) is 6.92 Å². The van der Waals surface area contributed by atoms with E-state index in [-0.39, 0.29) is 11.8 Å². The summed E-state index contributed by atoms with van der Waals surface area (Å²) < 4.78 is 33.5. The molecule has 0 spiro atoms. The molecule has 2 rings (SSSR count). The lowest BCUT2D eigenvalue weighted by molar-refractivity contribution is -0.0498. The number of anilines is 1. The number of methoxy groups -OCH3 is 1. The molecule has 0 fully saturated rings. The quantitative estimate of drug-likeness (QED) is 0.843. The molecule has 4 nitrogen and oxygen atoms in total. The number of hydrogen-bond acceptors (Lipinski definition) is 5. The van der Waals surface area contributed by atoms with Gasteiger partial charge in [0.25, 0.3) is 0 Å². The zero-order valence-electron chi connectivity index (χ0n) is 11.7. The Labute approximate surface area is 125 Å². The van der Waals surface area contributed by atoms with Crippen molar-refractivity contribution in [3.63, 3.8) is 0 Å². The minimum Gasteiger partial charge on any atom is -0.435 e. The van der Waals surface area contributed by atoms with E-state index in [1.807, 2.05) is 12.3 Å². The highest BCUT2D eigenvalue weighted by Crippen LogP contribution is 2.27. The third-order valence-electron chi connectivity index (χ3n) is 2.67. The lowest BCUT2D eigenvalue weighted by atomic mass is 10.2. The van der Waals surface area contributed by atoms with Gasteiger partial charge in [0, 0.05) is 24.1 Å². The summed E-state index contributed by atoms with van der Waals surface area (Å²) in [6.45, 7) is -0.219. The van der Waals surface area contributed by atoms with Gasteiger partial charge in [0.15, 0.2) is 5.13 Å². The van der Waals surface area contributed by atoms with Crippen LogP contribution in [0, 0.1) is 0 Å². The van der Waals surface area contributed by atoms with E-state index in [1.165, 1.54) is 23.5 Å². The molecule has 1 aromatic heterocycles. The number of benzene rings is 1. The summed E-state index contributed by atoms with van der Waals surface area (Å²) >= 11 is 1.48.